The third-order valence-electron chi connectivity index (χ3n) is 4.03. The van der Waals surface area contributed by atoms with Gasteiger partial charge in [-0.1, -0.05) is 0 Å². The number of piperidine rings is 1. The van der Waals surface area contributed by atoms with Crippen LogP contribution in [0, 0.1) is 5.92 Å². The first-order valence-electron chi connectivity index (χ1n) is 7.99. The maximum Gasteiger partial charge on any atom is 0.191 e. The second kappa shape index (κ2) is 9.05. The lowest BCUT2D eigenvalue weighted by Gasteiger charge is -2.29. The molecule has 4 nitrogen and oxygen atoms in total. The normalized spacial score (nSPS) is 17.9. The average Bonchev–Trinajstić information content (AvgIpc) is 3.00. The summed E-state index contributed by atoms with van der Waals surface area (Å²) in [6.45, 7) is 7.29. The van der Waals surface area contributed by atoms with E-state index in [0.29, 0.717) is 0 Å². The highest BCUT2D eigenvalue weighted by Crippen LogP contribution is 2.18. The number of rotatable bonds is 6. The Morgan fingerprint density at radius 3 is 2.86 bits per heavy atom. The highest BCUT2D eigenvalue weighted by atomic mass is 32.1. The van der Waals surface area contributed by atoms with Crippen molar-refractivity contribution in [3.63, 3.8) is 0 Å². The first-order valence-corrected chi connectivity index (χ1v) is 8.94. The van der Waals surface area contributed by atoms with Crippen LogP contribution >= 0.6 is 11.3 Å². The molecule has 118 valence electrons. The van der Waals surface area contributed by atoms with Crippen LogP contribution in [-0.4, -0.2) is 44.1 Å². The minimum absolute atomic E-state index is 0.757. The Labute approximate surface area is 132 Å². The predicted octanol–water partition coefficient (Wildman–Crippen LogP) is 2.54. The second-order valence-electron chi connectivity index (χ2n) is 5.79. The van der Waals surface area contributed by atoms with E-state index < -0.39 is 0 Å². The largest absolute Gasteiger partial charge is 0.357 e. The first kappa shape index (κ1) is 16.3. The highest BCUT2D eigenvalue weighted by Gasteiger charge is 2.16. The number of aliphatic imine (C=N–C) groups is 1. The first-order chi connectivity index (χ1) is 10.3. The summed E-state index contributed by atoms with van der Waals surface area (Å²) in [6, 6.07) is 2.14. The summed E-state index contributed by atoms with van der Waals surface area (Å²) in [5.74, 6) is 1.81. The van der Waals surface area contributed by atoms with Crippen LogP contribution in [0.2, 0.25) is 0 Å². The van der Waals surface area contributed by atoms with Gasteiger partial charge in [0.25, 0.3) is 0 Å². The van der Waals surface area contributed by atoms with Gasteiger partial charge in [0, 0.05) is 13.1 Å². The highest BCUT2D eigenvalue weighted by molar-refractivity contribution is 7.07. The van der Waals surface area contributed by atoms with Crippen LogP contribution in [0.5, 0.6) is 0 Å². The van der Waals surface area contributed by atoms with E-state index in [1.54, 1.807) is 11.3 Å². The van der Waals surface area contributed by atoms with Crippen molar-refractivity contribution in [2.24, 2.45) is 10.9 Å². The molecule has 1 aromatic heterocycles. The zero-order valence-electron chi connectivity index (χ0n) is 13.3. The smallest absolute Gasteiger partial charge is 0.191 e. The van der Waals surface area contributed by atoms with E-state index in [2.05, 4.69) is 51.3 Å². The van der Waals surface area contributed by atoms with Gasteiger partial charge in [-0.05, 0) is 74.6 Å². The summed E-state index contributed by atoms with van der Waals surface area (Å²) in [7, 11) is 2.22. The molecule has 0 aliphatic carbocycles. The van der Waals surface area contributed by atoms with Crippen LogP contribution < -0.4 is 10.6 Å². The van der Waals surface area contributed by atoms with Crippen LogP contribution in [-0.2, 0) is 6.54 Å². The molecule has 2 heterocycles. The predicted molar refractivity (Wildman–Crippen MR) is 92.0 cm³/mol. The molecular weight excluding hydrogens is 280 g/mol. The lowest BCUT2D eigenvalue weighted by molar-refractivity contribution is 0.213. The molecule has 0 unspecified atom stereocenters. The Balaban J connectivity index is 1.70. The van der Waals surface area contributed by atoms with Gasteiger partial charge in [0.05, 0.1) is 6.54 Å². The molecule has 0 atom stereocenters. The van der Waals surface area contributed by atoms with E-state index >= 15 is 0 Å². The zero-order chi connectivity index (χ0) is 14.9. The fraction of sp³-hybridized carbons (Fsp3) is 0.688. The summed E-state index contributed by atoms with van der Waals surface area (Å²) >= 11 is 1.73. The van der Waals surface area contributed by atoms with Crippen molar-refractivity contribution in [3.8, 4) is 0 Å². The van der Waals surface area contributed by atoms with E-state index in [0.717, 1.165) is 31.5 Å². The Morgan fingerprint density at radius 1 is 1.38 bits per heavy atom. The molecule has 1 aromatic rings. The molecule has 1 aliphatic heterocycles. The van der Waals surface area contributed by atoms with E-state index in [4.69, 9.17) is 0 Å². The van der Waals surface area contributed by atoms with Crippen molar-refractivity contribution in [1.82, 2.24) is 15.5 Å². The van der Waals surface area contributed by atoms with E-state index in [1.165, 1.54) is 37.9 Å². The lowest BCUT2D eigenvalue weighted by Crippen LogP contribution is -2.39. The summed E-state index contributed by atoms with van der Waals surface area (Å²) in [6.07, 6.45) is 3.91. The van der Waals surface area contributed by atoms with Crippen LogP contribution in [0.1, 0.15) is 31.7 Å². The molecule has 5 heteroatoms. The molecule has 1 aliphatic rings. The molecule has 21 heavy (non-hydrogen) atoms. The maximum atomic E-state index is 4.64. The van der Waals surface area contributed by atoms with Crippen molar-refractivity contribution in [2.75, 3.05) is 33.2 Å². The van der Waals surface area contributed by atoms with E-state index in [-0.39, 0.29) is 0 Å². The molecule has 0 aromatic carbocycles. The van der Waals surface area contributed by atoms with Gasteiger partial charge in [-0.25, -0.2) is 4.99 Å². The Bertz CT molecular complexity index is 408. The number of guanidine groups is 1. The summed E-state index contributed by atoms with van der Waals surface area (Å²) in [5.41, 5.74) is 1.28. The fourth-order valence-corrected chi connectivity index (χ4v) is 3.30. The molecular formula is C16H28N4S. The molecule has 0 saturated carbocycles. The number of hydrogen-bond donors (Lipinski definition) is 2. The van der Waals surface area contributed by atoms with Crippen molar-refractivity contribution in [1.29, 1.82) is 0 Å². The van der Waals surface area contributed by atoms with Gasteiger partial charge >= 0.3 is 0 Å². The Morgan fingerprint density at radius 2 is 2.19 bits per heavy atom. The van der Waals surface area contributed by atoms with Gasteiger partial charge in [-0.3, -0.25) is 0 Å². The molecule has 2 rings (SSSR count). The monoisotopic (exact) mass is 308 g/mol. The zero-order valence-corrected chi connectivity index (χ0v) is 14.1. The van der Waals surface area contributed by atoms with Gasteiger partial charge in [0.1, 0.15) is 0 Å². The number of thiophene rings is 1. The lowest BCUT2D eigenvalue weighted by atomic mass is 9.94. The molecule has 1 saturated heterocycles. The third-order valence-corrected chi connectivity index (χ3v) is 4.76. The Kier molecular flexibility index (Phi) is 7.03. The average molecular weight is 308 g/mol. The van der Waals surface area contributed by atoms with Gasteiger partial charge in [-0.2, -0.15) is 11.3 Å². The van der Waals surface area contributed by atoms with Crippen molar-refractivity contribution in [2.45, 2.75) is 32.7 Å². The molecule has 1 fully saturated rings. The van der Waals surface area contributed by atoms with E-state index in [9.17, 15) is 0 Å². The number of likely N-dealkylation sites (tertiary alicyclic amines) is 1. The minimum Gasteiger partial charge on any atom is -0.357 e. The number of nitrogens with zero attached hydrogens (tertiary/aromatic N) is 2. The SMILES string of the molecule is CCNC(=NCc1ccsc1)NCCC1CCN(C)CC1. The molecule has 0 radical (unpaired) electrons. The summed E-state index contributed by atoms with van der Waals surface area (Å²) in [5, 5.41) is 11.1. The summed E-state index contributed by atoms with van der Waals surface area (Å²) < 4.78 is 0. The molecule has 0 amide bonds. The van der Waals surface area contributed by atoms with E-state index in [1.807, 2.05) is 0 Å². The van der Waals surface area contributed by atoms with Crippen LogP contribution in [0.4, 0.5) is 0 Å². The number of nitrogens with one attached hydrogen (secondary N) is 2. The fourth-order valence-electron chi connectivity index (χ4n) is 2.64. The van der Waals surface area contributed by atoms with Crippen LogP contribution in [0.15, 0.2) is 21.8 Å². The number of hydrogen-bond acceptors (Lipinski definition) is 3. The van der Waals surface area contributed by atoms with Gasteiger partial charge in [0.2, 0.25) is 0 Å². The topological polar surface area (TPSA) is 39.7 Å². The van der Waals surface area contributed by atoms with Crippen molar-refractivity contribution in [3.05, 3.63) is 22.4 Å². The minimum atomic E-state index is 0.757. The third kappa shape index (κ3) is 6.06. The van der Waals surface area contributed by atoms with Gasteiger partial charge < -0.3 is 15.5 Å². The van der Waals surface area contributed by atoms with Crippen LogP contribution in [0.3, 0.4) is 0 Å². The molecule has 0 spiro atoms. The molecule has 2 N–H and O–H groups in total. The van der Waals surface area contributed by atoms with Gasteiger partial charge in [-0.15, -0.1) is 0 Å². The quantitative estimate of drug-likeness (QED) is 0.627. The molecule has 0 bridgehead atoms. The standard InChI is InChI=1S/C16H28N4S/c1-3-17-16(19-12-15-7-11-21-13-15)18-8-4-14-5-9-20(2)10-6-14/h7,11,13-14H,3-6,8-10,12H2,1-2H3,(H2,17,18,19). The second-order valence-corrected chi connectivity index (χ2v) is 6.57. The maximum absolute atomic E-state index is 4.64. The van der Waals surface area contributed by atoms with Crippen molar-refractivity contribution < 1.29 is 0 Å². The van der Waals surface area contributed by atoms with Crippen LogP contribution in [0.25, 0.3) is 0 Å². The van der Waals surface area contributed by atoms with Gasteiger partial charge in [0.15, 0.2) is 5.96 Å². The van der Waals surface area contributed by atoms with Crippen molar-refractivity contribution >= 4 is 17.3 Å². The summed E-state index contributed by atoms with van der Waals surface area (Å²) in [4.78, 5) is 7.07. The Hall–Kier alpha value is -1.07.